The molecule has 1 aliphatic carbocycles. The van der Waals surface area contributed by atoms with Crippen LogP contribution in [0.4, 0.5) is 10.5 Å². The number of aryl methyl sites for hydroxylation is 2. The molecule has 2 aromatic rings. The molecule has 2 aromatic carbocycles. The molecule has 0 atom stereocenters. The molecular weight excluding hydrogens is 302 g/mol. The SMILES string of the molecule is CC(C)(C)OC(=O)Nc1cccc2c1C(=O)c1ccccc1CC2. The van der Waals surface area contributed by atoms with Crippen LogP contribution in [0.2, 0.25) is 0 Å². The quantitative estimate of drug-likeness (QED) is 0.848. The molecular formula is C20H21NO3. The van der Waals surface area contributed by atoms with Crippen LogP contribution in [0.3, 0.4) is 0 Å². The number of nitrogens with one attached hydrogen (secondary N) is 1. The summed E-state index contributed by atoms with van der Waals surface area (Å²) in [6.45, 7) is 5.42. The van der Waals surface area contributed by atoms with Crippen LogP contribution >= 0.6 is 0 Å². The van der Waals surface area contributed by atoms with Gasteiger partial charge in [-0.25, -0.2) is 4.79 Å². The van der Waals surface area contributed by atoms with E-state index in [9.17, 15) is 9.59 Å². The van der Waals surface area contributed by atoms with Crippen LogP contribution < -0.4 is 5.32 Å². The number of benzene rings is 2. The topological polar surface area (TPSA) is 55.4 Å². The molecule has 24 heavy (non-hydrogen) atoms. The minimum absolute atomic E-state index is 0.0511. The fraction of sp³-hybridized carbons (Fsp3) is 0.300. The van der Waals surface area contributed by atoms with Gasteiger partial charge in [0.05, 0.1) is 5.69 Å². The molecule has 4 heteroatoms. The highest BCUT2D eigenvalue weighted by Crippen LogP contribution is 2.30. The molecule has 1 amide bonds. The summed E-state index contributed by atoms with van der Waals surface area (Å²) in [5, 5.41) is 2.73. The van der Waals surface area contributed by atoms with Gasteiger partial charge in [-0.1, -0.05) is 36.4 Å². The van der Waals surface area contributed by atoms with Crippen molar-refractivity contribution >= 4 is 17.6 Å². The van der Waals surface area contributed by atoms with Gasteiger partial charge < -0.3 is 4.74 Å². The van der Waals surface area contributed by atoms with Crippen molar-refractivity contribution in [2.24, 2.45) is 0 Å². The largest absolute Gasteiger partial charge is 0.444 e. The molecule has 0 heterocycles. The maximum Gasteiger partial charge on any atom is 0.412 e. The molecule has 0 fully saturated rings. The van der Waals surface area contributed by atoms with Crippen molar-refractivity contribution in [1.82, 2.24) is 0 Å². The Bertz CT molecular complexity index is 803. The lowest BCUT2D eigenvalue weighted by molar-refractivity contribution is 0.0636. The summed E-state index contributed by atoms with van der Waals surface area (Å²) in [6, 6.07) is 13.2. The van der Waals surface area contributed by atoms with Gasteiger partial charge in [-0.05, 0) is 50.8 Å². The molecule has 3 rings (SSSR count). The lowest BCUT2D eigenvalue weighted by Gasteiger charge is -2.20. The zero-order valence-corrected chi connectivity index (χ0v) is 14.2. The fourth-order valence-corrected chi connectivity index (χ4v) is 2.96. The maximum atomic E-state index is 13.0. The number of amides is 1. The highest BCUT2D eigenvalue weighted by atomic mass is 16.6. The second-order valence-corrected chi connectivity index (χ2v) is 6.95. The van der Waals surface area contributed by atoms with Crippen LogP contribution in [-0.4, -0.2) is 17.5 Å². The van der Waals surface area contributed by atoms with Crippen molar-refractivity contribution in [2.45, 2.75) is 39.2 Å². The van der Waals surface area contributed by atoms with Crippen LogP contribution in [0.1, 0.15) is 47.8 Å². The first-order valence-electron chi connectivity index (χ1n) is 8.09. The van der Waals surface area contributed by atoms with E-state index in [1.54, 1.807) is 26.8 Å². The molecule has 124 valence electrons. The first-order chi connectivity index (χ1) is 11.3. The Labute approximate surface area is 141 Å². The highest BCUT2D eigenvalue weighted by molar-refractivity contribution is 6.15. The van der Waals surface area contributed by atoms with Crippen molar-refractivity contribution < 1.29 is 14.3 Å². The number of ether oxygens (including phenoxy) is 1. The fourth-order valence-electron chi connectivity index (χ4n) is 2.96. The molecule has 0 spiro atoms. The smallest absolute Gasteiger partial charge is 0.412 e. The number of hydrogen-bond acceptors (Lipinski definition) is 3. The van der Waals surface area contributed by atoms with Gasteiger partial charge >= 0.3 is 6.09 Å². The monoisotopic (exact) mass is 323 g/mol. The van der Waals surface area contributed by atoms with Crippen LogP contribution in [-0.2, 0) is 17.6 Å². The number of fused-ring (bicyclic) bond motifs is 2. The number of carbonyl (C=O) groups excluding carboxylic acids is 2. The number of ketones is 1. The van der Waals surface area contributed by atoms with E-state index in [1.807, 2.05) is 36.4 Å². The molecule has 0 saturated carbocycles. The van der Waals surface area contributed by atoms with Gasteiger partial charge in [-0.2, -0.15) is 0 Å². The number of anilines is 1. The van der Waals surface area contributed by atoms with Crippen molar-refractivity contribution in [3.63, 3.8) is 0 Å². The summed E-state index contributed by atoms with van der Waals surface area (Å²) in [4.78, 5) is 25.1. The zero-order chi connectivity index (χ0) is 17.3. The van der Waals surface area contributed by atoms with Crippen molar-refractivity contribution in [3.05, 3.63) is 64.7 Å². The number of carbonyl (C=O) groups is 2. The Hall–Kier alpha value is -2.62. The predicted octanol–water partition coefficient (Wildman–Crippen LogP) is 4.36. The van der Waals surface area contributed by atoms with Gasteiger partial charge in [-0.15, -0.1) is 0 Å². The van der Waals surface area contributed by atoms with Gasteiger partial charge in [0.25, 0.3) is 0 Å². The Morgan fingerprint density at radius 1 is 1.00 bits per heavy atom. The molecule has 1 aliphatic rings. The number of rotatable bonds is 1. The van der Waals surface area contributed by atoms with Gasteiger partial charge in [0.1, 0.15) is 5.60 Å². The lowest BCUT2D eigenvalue weighted by Crippen LogP contribution is -2.28. The van der Waals surface area contributed by atoms with E-state index in [-0.39, 0.29) is 5.78 Å². The second kappa shape index (κ2) is 6.11. The molecule has 0 bridgehead atoms. The summed E-state index contributed by atoms with van der Waals surface area (Å²) >= 11 is 0. The molecule has 0 aromatic heterocycles. The summed E-state index contributed by atoms with van der Waals surface area (Å²) in [5.74, 6) is -0.0511. The van der Waals surface area contributed by atoms with Crippen molar-refractivity contribution in [3.8, 4) is 0 Å². The summed E-state index contributed by atoms with van der Waals surface area (Å²) in [7, 11) is 0. The zero-order valence-electron chi connectivity index (χ0n) is 14.2. The number of hydrogen-bond donors (Lipinski definition) is 1. The molecule has 0 radical (unpaired) electrons. The van der Waals surface area contributed by atoms with Gasteiger partial charge in [0.2, 0.25) is 0 Å². The average Bonchev–Trinajstić information content (AvgIpc) is 2.64. The first-order valence-corrected chi connectivity index (χ1v) is 8.09. The van der Waals surface area contributed by atoms with E-state index in [4.69, 9.17) is 4.74 Å². The molecule has 1 N–H and O–H groups in total. The Morgan fingerprint density at radius 2 is 1.67 bits per heavy atom. The lowest BCUT2D eigenvalue weighted by atomic mass is 9.97. The molecule has 0 saturated heterocycles. The minimum atomic E-state index is -0.591. The van der Waals surface area contributed by atoms with Gasteiger partial charge in [0.15, 0.2) is 5.78 Å². The molecule has 4 nitrogen and oxygen atoms in total. The Kier molecular flexibility index (Phi) is 4.14. The second-order valence-electron chi connectivity index (χ2n) is 6.95. The van der Waals surface area contributed by atoms with Crippen LogP contribution in [0.15, 0.2) is 42.5 Å². The van der Waals surface area contributed by atoms with E-state index < -0.39 is 11.7 Å². The summed E-state index contributed by atoms with van der Waals surface area (Å²) in [6.07, 6.45) is 1.02. The third-order valence-electron chi connectivity index (χ3n) is 3.94. The van der Waals surface area contributed by atoms with Crippen LogP contribution in [0, 0.1) is 0 Å². The molecule has 0 aliphatic heterocycles. The van der Waals surface area contributed by atoms with E-state index in [2.05, 4.69) is 5.32 Å². The van der Waals surface area contributed by atoms with E-state index in [1.165, 1.54) is 0 Å². The Balaban J connectivity index is 1.99. The third kappa shape index (κ3) is 3.32. The summed E-state index contributed by atoms with van der Waals surface area (Å²) in [5.41, 5.74) is 3.17. The highest BCUT2D eigenvalue weighted by Gasteiger charge is 2.25. The molecule has 0 unspecified atom stereocenters. The predicted molar refractivity (Wildman–Crippen MR) is 93.6 cm³/mol. The van der Waals surface area contributed by atoms with E-state index in [0.29, 0.717) is 16.8 Å². The van der Waals surface area contributed by atoms with Crippen molar-refractivity contribution in [2.75, 3.05) is 5.32 Å². The van der Waals surface area contributed by atoms with Gasteiger partial charge in [-0.3, -0.25) is 10.1 Å². The average molecular weight is 323 g/mol. The maximum absolute atomic E-state index is 13.0. The van der Waals surface area contributed by atoms with E-state index in [0.717, 1.165) is 24.0 Å². The van der Waals surface area contributed by atoms with Crippen LogP contribution in [0.25, 0.3) is 0 Å². The standard InChI is InChI=1S/C20H21NO3/c1-20(2,3)24-19(23)21-16-10-6-8-14-12-11-13-7-4-5-9-15(13)18(22)17(14)16/h4-10H,11-12H2,1-3H3,(H,21,23). The normalized spacial score (nSPS) is 13.5. The van der Waals surface area contributed by atoms with Crippen molar-refractivity contribution in [1.29, 1.82) is 0 Å². The Morgan fingerprint density at radius 3 is 2.42 bits per heavy atom. The van der Waals surface area contributed by atoms with Gasteiger partial charge in [0, 0.05) is 11.1 Å². The van der Waals surface area contributed by atoms with E-state index >= 15 is 0 Å². The third-order valence-corrected chi connectivity index (χ3v) is 3.94. The minimum Gasteiger partial charge on any atom is -0.444 e. The van der Waals surface area contributed by atoms with Crippen LogP contribution in [0.5, 0.6) is 0 Å². The summed E-state index contributed by atoms with van der Waals surface area (Å²) < 4.78 is 5.31. The first kappa shape index (κ1) is 16.2.